The van der Waals surface area contributed by atoms with E-state index in [-0.39, 0.29) is 11.0 Å². The normalized spacial score (nSPS) is 9.95. The van der Waals surface area contributed by atoms with E-state index in [9.17, 15) is 4.79 Å². The largest absolute Gasteiger partial charge is 0.493 e. The van der Waals surface area contributed by atoms with Crippen LogP contribution in [-0.2, 0) is 0 Å². The van der Waals surface area contributed by atoms with Crippen LogP contribution < -0.4 is 15.4 Å². The van der Waals surface area contributed by atoms with E-state index in [1.807, 2.05) is 18.4 Å². The summed E-state index contributed by atoms with van der Waals surface area (Å²) in [6.45, 7) is 2.57. The molecule has 0 spiro atoms. The second kappa shape index (κ2) is 7.70. The van der Waals surface area contributed by atoms with Crippen LogP contribution in [0.5, 0.6) is 5.75 Å². The number of amides is 1. The Morgan fingerprint density at radius 3 is 2.95 bits per heavy atom. The molecule has 0 aliphatic heterocycles. The third-order valence-corrected chi connectivity index (χ3v) is 3.37. The first-order chi connectivity index (χ1) is 10.2. The number of thiocarbonyl (C=S) groups is 1. The van der Waals surface area contributed by atoms with Crippen LogP contribution >= 0.6 is 23.6 Å². The summed E-state index contributed by atoms with van der Waals surface area (Å²) >= 11 is 6.49. The SMILES string of the molecule is CCCOc1ccccc1C(=O)NC(=S)Nc1nccs1. The van der Waals surface area contributed by atoms with Gasteiger partial charge in [-0.25, -0.2) is 4.98 Å². The zero-order valence-corrected chi connectivity index (χ0v) is 13.1. The highest BCUT2D eigenvalue weighted by atomic mass is 32.1. The Bertz CT molecular complexity index is 614. The lowest BCUT2D eigenvalue weighted by molar-refractivity contribution is 0.0973. The van der Waals surface area contributed by atoms with Gasteiger partial charge >= 0.3 is 0 Å². The topological polar surface area (TPSA) is 63.2 Å². The van der Waals surface area contributed by atoms with Crippen LogP contribution in [-0.4, -0.2) is 22.6 Å². The predicted octanol–water partition coefficient (Wildman–Crippen LogP) is 3.06. The minimum Gasteiger partial charge on any atom is -0.493 e. The van der Waals surface area contributed by atoms with Gasteiger partial charge in [0.05, 0.1) is 12.2 Å². The monoisotopic (exact) mass is 321 g/mol. The maximum atomic E-state index is 12.2. The van der Waals surface area contributed by atoms with Crippen molar-refractivity contribution < 1.29 is 9.53 Å². The third kappa shape index (κ3) is 4.51. The number of carbonyl (C=O) groups is 1. The molecule has 0 aliphatic carbocycles. The van der Waals surface area contributed by atoms with Crippen LogP contribution in [0, 0.1) is 0 Å². The molecule has 1 aromatic heterocycles. The molecule has 110 valence electrons. The molecule has 1 heterocycles. The maximum absolute atomic E-state index is 12.2. The lowest BCUT2D eigenvalue weighted by atomic mass is 10.2. The van der Waals surface area contributed by atoms with Gasteiger partial charge in [0, 0.05) is 11.6 Å². The zero-order valence-electron chi connectivity index (χ0n) is 11.5. The lowest BCUT2D eigenvalue weighted by Gasteiger charge is -2.11. The van der Waals surface area contributed by atoms with Crippen molar-refractivity contribution in [2.45, 2.75) is 13.3 Å². The van der Waals surface area contributed by atoms with Crippen LogP contribution in [0.3, 0.4) is 0 Å². The Labute approximate surface area is 132 Å². The number of benzene rings is 1. The standard InChI is InChI=1S/C14H15N3O2S2/c1-2-8-19-11-6-4-3-5-10(11)12(18)16-13(20)17-14-15-7-9-21-14/h3-7,9H,2,8H2,1H3,(H2,15,16,17,18,20). The van der Waals surface area contributed by atoms with E-state index in [0.29, 0.717) is 23.1 Å². The number of hydrogen-bond acceptors (Lipinski definition) is 5. The summed E-state index contributed by atoms with van der Waals surface area (Å²) in [5, 5.41) is 8.13. The van der Waals surface area contributed by atoms with Crippen molar-refractivity contribution in [2.24, 2.45) is 0 Å². The molecule has 0 bridgehead atoms. The van der Waals surface area contributed by atoms with E-state index in [4.69, 9.17) is 17.0 Å². The number of nitrogens with zero attached hydrogens (tertiary/aromatic N) is 1. The molecule has 1 amide bonds. The minimum atomic E-state index is -0.309. The number of nitrogens with one attached hydrogen (secondary N) is 2. The molecule has 2 N–H and O–H groups in total. The smallest absolute Gasteiger partial charge is 0.261 e. The van der Waals surface area contributed by atoms with Gasteiger partial charge in [-0.05, 0) is 30.8 Å². The van der Waals surface area contributed by atoms with Gasteiger partial charge < -0.3 is 10.1 Å². The molecule has 5 nitrogen and oxygen atoms in total. The summed E-state index contributed by atoms with van der Waals surface area (Å²) in [6, 6.07) is 7.08. The molecule has 0 unspecified atom stereocenters. The van der Waals surface area contributed by atoms with Gasteiger partial charge in [-0.3, -0.25) is 10.1 Å². The van der Waals surface area contributed by atoms with Gasteiger partial charge in [0.25, 0.3) is 5.91 Å². The molecule has 0 saturated carbocycles. The van der Waals surface area contributed by atoms with Crippen molar-refractivity contribution in [2.75, 3.05) is 11.9 Å². The third-order valence-electron chi connectivity index (χ3n) is 2.47. The summed E-state index contributed by atoms with van der Waals surface area (Å²) in [6.07, 6.45) is 2.53. The second-order valence-corrected chi connectivity index (χ2v) is 5.39. The summed E-state index contributed by atoms with van der Waals surface area (Å²) < 4.78 is 5.56. The molecule has 2 rings (SSSR count). The maximum Gasteiger partial charge on any atom is 0.261 e. The number of ether oxygens (including phenoxy) is 1. The number of carbonyl (C=O) groups excluding carboxylic acids is 1. The van der Waals surface area contributed by atoms with E-state index < -0.39 is 0 Å². The van der Waals surface area contributed by atoms with Gasteiger partial charge in [-0.2, -0.15) is 0 Å². The van der Waals surface area contributed by atoms with Gasteiger partial charge in [-0.15, -0.1) is 11.3 Å². The molecular formula is C14H15N3O2S2. The molecular weight excluding hydrogens is 306 g/mol. The highest BCUT2D eigenvalue weighted by Gasteiger charge is 2.13. The molecule has 0 atom stereocenters. The fraction of sp³-hybridized carbons (Fsp3) is 0.214. The average Bonchev–Trinajstić information content (AvgIpc) is 2.98. The first-order valence-electron chi connectivity index (χ1n) is 6.44. The van der Waals surface area contributed by atoms with Gasteiger partial charge in [0.15, 0.2) is 10.2 Å². The van der Waals surface area contributed by atoms with Crippen LogP contribution in [0.25, 0.3) is 0 Å². The predicted molar refractivity (Wildman–Crippen MR) is 88.0 cm³/mol. The van der Waals surface area contributed by atoms with Crippen molar-refractivity contribution in [3.05, 3.63) is 41.4 Å². The molecule has 0 aliphatic rings. The summed E-state index contributed by atoms with van der Waals surface area (Å²) in [4.78, 5) is 16.3. The number of anilines is 1. The first kappa shape index (κ1) is 15.4. The average molecular weight is 321 g/mol. The second-order valence-electron chi connectivity index (χ2n) is 4.09. The molecule has 0 fully saturated rings. The van der Waals surface area contributed by atoms with Crippen molar-refractivity contribution in [3.8, 4) is 5.75 Å². The van der Waals surface area contributed by atoms with Crippen LogP contribution in [0.15, 0.2) is 35.8 Å². The van der Waals surface area contributed by atoms with E-state index in [1.165, 1.54) is 11.3 Å². The van der Waals surface area contributed by atoms with Crippen molar-refractivity contribution in [1.29, 1.82) is 0 Å². The molecule has 21 heavy (non-hydrogen) atoms. The van der Waals surface area contributed by atoms with Gasteiger partial charge in [-0.1, -0.05) is 19.1 Å². The van der Waals surface area contributed by atoms with E-state index in [1.54, 1.807) is 24.4 Å². The quantitative estimate of drug-likeness (QED) is 0.829. The highest BCUT2D eigenvalue weighted by molar-refractivity contribution is 7.80. The first-order valence-corrected chi connectivity index (χ1v) is 7.73. The summed E-state index contributed by atoms with van der Waals surface area (Å²) in [7, 11) is 0. The Morgan fingerprint density at radius 2 is 2.24 bits per heavy atom. The van der Waals surface area contributed by atoms with Gasteiger partial charge in [0.2, 0.25) is 0 Å². The van der Waals surface area contributed by atoms with Crippen LogP contribution in [0.1, 0.15) is 23.7 Å². The number of para-hydroxylation sites is 1. The number of thiazole rings is 1. The van der Waals surface area contributed by atoms with E-state index in [2.05, 4.69) is 15.6 Å². The Balaban J connectivity index is 2.01. The highest BCUT2D eigenvalue weighted by Crippen LogP contribution is 2.18. The molecule has 0 saturated heterocycles. The molecule has 1 aromatic carbocycles. The lowest BCUT2D eigenvalue weighted by Crippen LogP contribution is -2.34. The number of rotatable bonds is 5. The minimum absolute atomic E-state index is 0.209. The number of aromatic nitrogens is 1. The molecule has 7 heteroatoms. The molecule has 0 radical (unpaired) electrons. The van der Waals surface area contributed by atoms with E-state index in [0.717, 1.165) is 6.42 Å². The summed E-state index contributed by atoms with van der Waals surface area (Å²) in [5.74, 6) is 0.240. The summed E-state index contributed by atoms with van der Waals surface area (Å²) in [5.41, 5.74) is 0.453. The van der Waals surface area contributed by atoms with Gasteiger partial charge in [0.1, 0.15) is 5.75 Å². The van der Waals surface area contributed by atoms with Crippen LogP contribution in [0.4, 0.5) is 5.13 Å². The Morgan fingerprint density at radius 1 is 1.43 bits per heavy atom. The number of hydrogen-bond donors (Lipinski definition) is 2. The van der Waals surface area contributed by atoms with Crippen molar-refractivity contribution in [1.82, 2.24) is 10.3 Å². The fourth-order valence-electron chi connectivity index (χ4n) is 1.58. The van der Waals surface area contributed by atoms with E-state index >= 15 is 0 Å². The fourth-order valence-corrected chi connectivity index (χ4v) is 2.36. The van der Waals surface area contributed by atoms with Crippen LogP contribution in [0.2, 0.25) is 0 Å². The zero-order chi connectivity index (χ0) is 15.1. The van der Waals surface area contributed by atoms with Crippen molar-refractivity contribution >= 4 is 39.7 Å². The van der Waals surface area contributed by atoms with Crippen molar-refractivity contribution in [3.63, 3.8) is 0 Å². The Kier molecular flexibility index (Phi) is 5.65. The Hall–Kier alpha value is -1.99. The molecule has 2 aromatic rings.